The standard InChI is InChI=1S/C23H23NO7S2/c25-23(26)22(24-32(27,28)16-19-7-3-1-4-8-19)15-18-11-13-21(14-12-18)31-33(29,30)17-20-9-5-2-6-10-20/h1-14,22,24H,15-17H2,(H,25,26)/t22-/m1/s1. The second-order valence-corrected chi connectivity index (χ2v) is 10.7. The summed E-state index contributed by atoms with van der Waals surface area (Å²) in [6.07, 6.45) is -0.125. The predicted octanol–water partition coefficient (Wildman–Crippen LogP) is 2.71. The van der Waals surface area contributed by atoms with Gasteiger partial charge in [-0.25, -0.2) is 13.1 Å². The Morgan fingerprint density at radius 3 is 1.79 bits per heavy atom. The SMILES string of the molecule is O=C(O)[C@@H](Cc1ccc(OS(=O)(=O)Cc2ccccc2)cc1)NS(=O)(=O)Cc1ccccc1. The van der Waals surface area contributed by atoms with Crippen molar-refractivity contribution in [3.63, 3.8) is 0 Å². The van der Waals surface area contributed by atoms with Gasteiger partial charge in [0.15, 0.2) is 0 Å². The highest BCUT2D eigenvalue weighted by Gasteiger charge is 2.25. The van der Waals surface area contributed by atoms with Gasteiger partial charge in [0.2, 0.25) is 10.0 Å². The minimum atomic E-state index is -3.90. The van der Waals surface area contributed by atoms with Crippen LogP contribution in [0.4, 0.5) is 0 Å². The van der Waals surface area contributed by atoms with Gasteiger partial charge in [-0.3, -0.25) is 4.79 Å². The number of carbonyl (C=O) groups is 1. The van der Waals surface area contributed by atoms with Gasteiger partial charge in [-0.1, -0.05) is 72.8 Å². The molecule has 33 heavy (non-hydrogen) atoms. The predicted molar refractivity (Wildman–Crippen MR) is 123 cm³/mol. The van der Waals surface area contributed by atoms with Crippen molar-refractivity contribution in [3.8, 4) is 5.75 Å². The number of sulfonamides is 1. The molecule has 2 N–H and O–H groups in total. The second kappa shape index (κ2) is 10.6. The Morgan fingerprint density at radius 2 is 1.27 bits per heavy atom. The van der Waals surface area contributed by atoms with Gasteiger partial charge in [-0.2, -0.15) is 8.42 Å². The average molecular weight is 490 g/mol. The molecule has 0 spiro atoms. The number of carboxylic acids is 1. The van der Waals surface area contributed by atoms with E-state index in [4.69, 9.17) is 4.18 Å². The Morgan fingerprint density at radius 1 is 0.758 bits per heavy atom. The Balaban J connectivity index is 1.63. The lowest BCUT2D eigenvalue weighted by Crippen LogP contribution is -2.42. The summed E-state index contributed by atoms with van der Waals surface area (Å²) in [6.45, 7) is 0. The molecule has 1 atom stereocenters. The van der Waals surface area contributed by atoms with E-state index in [1.165, 1.54) is 24.3 Å². The van der Waals surface area contributed by atoms with Crippen LogP contribution < -0.4 is 8.91 Å². The molecule has 0 aliphatic rings. The smallest absolute Gasteiger partial charge is 0.322 e. The fourth-order valence-electron chi connectivity index (χ4n) is 3.10. The number of aliphatic carboxylic acids is 1. The van der Waals surface area contributed by atoms with E-state index >= 15 is 0 Å². The number of nitrogens with one attached hydrogen (secondary N) is 1. The molecule has 0 saturated heterocycles. The van der Waals surface area contributed by atoms with Crippen LogP contribution in [-0.4, -0.2) is 34.0 Å². The molecule has 0 fully saturated rings. The largest absolute Gasteiger partial charge is 0.480 e. The van der Waals surface area contributed by atoms with Gasteiger partial charge in [0, 0.05) is 0 Å². The fourth-order valence-corrected chi connectivity index (χ4v) is 5.50. The van der Waals surface area contributed by atoms with Gasteiger partial charge in [-0.15, -0.1) is 0 Å². The highest BCUT2D eigenvalue weighted by atomic mass is 32.2. The molecule has 10 heteroatoms. The summed E-state index contributed by atoms with van der Waals surface area (Å²) in [4.78, 5) is 11.6. The normalized spacial score (nSPS) is 12.7. The summed E-state index contributed by atoms with van der Waals surface area (Å²) in [5.41, 5.74) is 1.62. The van der Waals surface area contributed by atoms with Crippen molar-refractivity contribution in [2.24, 2.45) is 0 Å². The first-order valence-corrected chi connectivity index (χ1v) is 13.2. The lowest BCUT2D eigenvalue weighted by atomic mass is 10.1. The first-order chi connectivity index (χ1) is 15.6. The van der Waals surface area contributed by atoms with E-state index in [1.807, 2.05) is 0 Å². The van der Waals surface area contributed by atoms with E-state index in [0.29, 0.717) is 16.7 Å². The molecule has 0 unspecified atom stereocenters. The summed E-state index contributed by atoms with van der Waals surface area (Å²) in [5, 5.41) is 9.48. The van der Waals surface area contributed by atoms with Gasteiger partial charge in [0.25, 0.3) is 0 Å². The van der Waals surface area contributed by atoms with E-state index in [1.54, 1.807) is 60.7 Å². The molecule has 174 valence electrons. The average Bonchev–Trinajstić information content (AvgIpc) is 2.75. The number of hydrogen-bond donors (Lipinski definition) is 2. The van der Waals surface area contributed by atoms with Gasteiger partial charge in [-0.05, 0) is 35.2 Å². The Kier molecular flexibility index (Phi) is 7.85. The van der Waals surface area contributed by atoms with Crippen molar-refractivity contribution in [3.05, 3.63) is 102 Å². The summed E-state index contributed by atoms with van der Waals surface area (Å²) in [6, 6.07) is 21.4. The van der Waals surface area contributed by atoms with Crippen molar-refractivity contribution >= 4 is 26.1 Å². The summed E-state index contributed by atoms with van der Waals surface area (Å²) >= 11 is 0. The van der Waals surface area contributed by atoms with Crippen LogP contribution in [0.25, 0.3) is 0 Å². The monoisotopic (exact) mass is 489 g/mol. The maximum Gasteiger partial charge on any atom is 0.322 e. The van der Waals surface area contributed by atoms with Crippen LogP contribution in [-0.2, 0) is 42.9 Å². The molecule has 0 bridgehead atoms. The Hall–Kier alpha value is -3.21. The zero-order valence-electron chi connectivity index (χ0n) is 17.5. The molecule has 3 aromatic rings. The molecule has 8 nitrogen and oxygen atoms in total. The number of carboxylic acid groups (broad SMARTS) is 1. The molecule has 0 aromatic heterocycles. The first kappa shape index (κ1) is 24.4. The molecule has 3 rings (SSSR count). The minimum Gasteiger partial charge on any atom is -0.480 e. The number of benzene rings is 3. The summed E-state index contributed by atoms with van der Waals surface area (Å²) in [5.74, 6) is -1.88. The lowest BCUT2D eigenvalue weighted by Gasteiger charge is -2.15. The molecule has 0 heterocycles. The molecule has 0 aliphatic heterocycles. The molecule has 0 aliphatic carbocycles. The van der Waals surface area contributed by atoms with Crippen molar-refractivity contribution in [2.75, 3.05) is 0 Å². The third-order valence-corrected chi connectivity index (χ3v) is 7.08. The third kappa shape index (κ3) is 8.01. The first-order valence-electron chi connectivity index (χ1n) is 9.94. The molecular formula is C23H23NO7S2. The van der Waals surface area contributed by atoms with Gasteiger partial charge in [0.1, 0.15) is 17.5 Å². The molecule has 0 radical (unpaired) electrons. The van der Waals surface area contributed by atoms with Gasteiger partial charge < -0.3 is 9.29 Å². The van der Waals surface area contributed by atoms with Crippen LogP contribution in [0.3, 0.4) is 0 Å². The highest BCUT2D eigenvalue weighted by Crippen LogP contribution is 2.18. The minimum absolute atomic E-state index is 0.0752. The third-order valence-electron chi connectivity index (χ3n) is 4.59. The highest BCUT2D eigenvalue weighted by molar-refractivity contribution is 7.88. The van der Waals surface area contributed by atoms with Crippen LogP contribution in [0.15, 0.2) is 84.9 Å². The van der Waals surface area contributed by atoms with Crippen LogP contribution in [0.1, 0.15) is 16.7 Å². The van der Waals surface area contributed by atoms with E-state index < -0.39 is 32.2 Å². The molecule has 0 amide bonds. The van der Waals surface area contributed by atoms with E-state index in [2.05, 4.69) is 4.72 Å². The molecule has 3 aromatic carbocycles. The fraction of sp³-hybridized carbons (Fsp3) is 0.174. The second-order valence-electron chi connectivity index (χ2n) is 7.37. The van der Waals surface area contributed by atoms with Crippen molar-refractivity contribution < 1.29 is 30.9 Å². The maximum atomic E-state index is 12.4. The van der Waals surface area contributed by atoms with Crippen LogP contribution >= 0.6 is 0 Å². The number of hydrogen-bond acceptors (Lipinski definition) is 6. The van der Waals surface area contributed by atoms with Crippen LogP contribution in [0.5, 0.6) is 5.75 Å². The quantitative estimate of drug-likeness (QED) is 0.397. The van der Waals surface area contributed by atoms with Crippen molar-refractivity contribution in [2.45, 2.75) is 24.0 Å². The van der Waals surface area contributed by atoms with E-state index in [9.17, 15) is 26.7 Å². The maximum absolute atomic E-state index is 12.4. The summed E-state index contributed by atoms with van der Waals surface area (Å²) in [7, 11) is -7.77. The zero-order valence-corrected chi connectivity index (χ0v) is 19.1. The van der Waals surface area contributed by atoms with E-state index in [0.717, 1.165) is 0 Å². The Bertz CT molecular complexity index is 1280. The molecular weight excluding hydrogens is 466 g/mol. The van der Waals surface area contributed by atoms with E-state index in [-0.39, 0.29) is 23.7 Å². The van der Waals surface area contributed by atoms with Crippen LogP contribution in [0, 0.1) is 0 Å². The van der Waals surface area contributed by atoms with Crippen molar-refractivity contribution in [1.29, 1.82) is 0 Å². The lowest BCUT2D eigenvalue weighted by molar-refractivity contribution is -0.138. The summed E-state index contributed by atoms with van der Waals surface area (Å²) < 4.78 is 56.6. The van der Waals surface area contributed by atoms with Crippen LogP contribution in [0.2, 0.25) is 0 Å². The number of rotatable bonds is 11. The Labute approximate surface area is 193 Å². The van der Waals surface area contributed by atoms with Crippen molar-refractivity contribution in [1.82, 2.24) is 4.72 Å². The zero-order chi connectivity index (χ0) is 23.9. The van der Waals surface area contributed by atoms with Gasteiger partial charge in [0.05, 0.1) is 5.75 Å². The topological polar surface area (TPSA) is 127 Å². The van der Waals surface area contributed by atoms with Gasteiger partial charge >= 0.3 is 16.1 Å². The molecule has 0 saturated carbocycles.